The van der Waals surface area contributed by atoms with Crippen LogP contribution in [-0.2, 0) is 20.8 Å². The summed E-state index contributed by atoms with van der Waals surface area (Å²) in [6, 6.07) is 16.7. The van der Waals surface area contributed by atoms with E-state index in [2.05, 4.69) is 29.8 Å². The van der Waals surface area contributed by atoms with E-state index in [0.29, 0.717) is 24.8 Å². The Labute approximate surface area is 187 Å². The van der Waals surface area contributed by atoms with Crippen molar-refractivity contribution in [1.29, 1.82) is 0 Å². The first kappa shape index (κ1) is 22.1. The second-order valence-electron chi connectivity index (χ2n) is 8.36. The highest BCUT2D eigenvalue weighted by molar-refractivity contribution is 5.84. The van der Waals surface area contributed by atoms with Gasteiger partial charge in [-0.1, -0.05) is 56.3 Å². The zero-order chi connectivity index (χ0) is 22.5. The Morgan fingerprint density at radius 3 is 2.44 bits per heavy atom. The zero-order valence-electron chi connectivity index (χ0n) is 18.2. The lowest BCUT2D eigenvalue weighted by atomic mass is 10.0. The summed E-state index contributed by atoms with van der Waals surface area (Å²) in [7, 11) is 0. The van der Waals surface area contributed by atoms with Crippen LogP contribution in [0.25, 0.3) is 0 Å². The maximum Gasteiger partial charge on any atom is 0.412 e. The van der Waals surface area contributed by atoms with Crippen LogP contribution in [0.5, 0.6) is 0 Å². The minimum atomic E-state index is -0.558. The Morgan fingerprint density at radius 2 is 1.72 bits per heavy atom. The molecule has 2 aliphatic heterocycles. The van der Waals surface area contributed by atoms with Crippen molar-refractivity contribution in [3.8, 4) is 0 Å². The van der Waals surface area contributed by atoms with Crippen molar-refractivity contribution in [2.45, 2.75) is 50.7 Å². The zero-order valence-corrected chi connectivity index (χ0v) is 18.2. The molecule has 170 valence electrons. The molecule has 2 aliphatic rings. The number of carbonyl (C=O) groups is 2. The summed E-state index contributed by atoms with van der Waals surface area (Å²) in [4.78, 5) is 24.6. The fourth-order valence-corrected chi connectivity index (χ4v) is 3.92. The van der Waals surface area contributed by atoms with E-state index in [1.807, 2.05) is 54.6 Å². The molecule has 2 aromatic carbocycles. The van der Waals surface area contributed by atoms with E-state index in [-0.39, 0.29) is 24.8 Å². The molecule has 2 fully saturated rings. The monoisotopic (exact) mass is 439 g/mol. The Morgan fingerprint density at radius 1 is 1.00 bits per heavy atom. The molecular weight excluding hydrogens is 410 g/mol. The summed E-state index contributed by atoms with van der Waals surface area (Å²) in [5, 5.41) is 8.46. The third kappa shape index (κ3) is 5.38. The van der Waals surface area contributed by atoms with Crippen LogP contribution >= 0.6 is 0 Å². The normalized spacial score (nSPS) is 24.1. The van der Waals surface area contributed by atoms with Crippen LogP contribution in [0.2, 0.25) is 0 Å². The van der Waals surface area contributed by atoms with Crippen molar-refractivity contribution >= 4 is 17.8 Å². The van der Waals surface area contributed by atoms with Gasteiger partial charge in [-0.05, 0) is 29.2 Å². The molecule has 8 heteroatoms. The predicted molar refractivity (Wildman–Crippen MR) is 120 cm³/mol. The van der Waals surface area contributed by atoms with Gasteiger partial charge in [0.25, 0.3) is 0 Å². The molecule has 2 saturated heterocycles. The standard InChI is InChI=1S/C24H29N3O5/c1-15(2)17-8-10-18(11-9-17)26-24(29)32-20-14-31-21-19(13-30-22(20)21)27-23(28)25-12-16-6-4-3-5-7-16/h3-11,15,19-22H,12-14H2,1-2H3,(H,26,29)(H2,25,27,28)/t19-,20-,21-,22+/m0/s1. The summed E-state index contributed by atoms with van der Waals surface area (Å²) in [6.07, 6.45) is -1.87. The molecule has 0 unspecified atom stereocenters. The van der Waals surface area contributed by atoms with Crippen molar-refractivity contribution in [3.63, 3.8) is 0 Å². The number of anilines is 1. The van der Waals surface area contributed by atoms with Gasteiger partial charge in [0.05, 0.1) is 19.3 Å². The molecule has 0 aliphatic carbocycles. The summed E-state index contributed by atoms with van der Waals surface area (Å²) in [6.45, 7) is 5.18. The maximum atomic E-state index is 12.3. The smallest absolute Gasteiger partial charge is 0.412 e. The number of fused-ring (bicyclic) bond motifs is 1. The highest BCUT2D eigenvalue weighted by Gasteiger charge is 2.50. The lowest BCUT2D eigenvalue weighted by molar-refractivity contribution is 0.00872. The lowest BCUT2D eigenvalue weighted by Crippen LogP contribution is -2.48. The molecule has 3 amide bonds. The van der Waals surface area contributed by atoms with Gasteiger partial charge >= 0.3 is 12.1 Å². The van der Waals surface area contributed by atoms with E-state index in [0.717, 1.165) is 5.56 Å². The number of rotatable bonds is 6. The highest BCUT2D eigenvalue weighted by Crippen LogP contribution is 2.29. The van der Waals surface area contributed by atoms with E-state index < -0.39 is 18.3 Å². The number of amides is 3. The van der Waals surface area contributed by atoms with E-state index in [9.17, 15) is 9.59 Å². The Kier molecular flexibility index (Phi) is 6.92. The number of ether oxygens (including phenoxy) is 3. The number of benzene rings is 2. The van der Waals surface area contributed by atoms with Crippen molar-refractivity contribution in [3.05, 3.63) is 65.7 Å². The third-order valence-electron chi connectivity index (χ3n) is 5.70. The molecule has 2 aromatic rings. The predicted octanol–water partition coefficient (Wildman–Crippen LogP) is 3.39. The molecule has 4 atom stereocenters. The van der Waals surface area contributed by atoms with Gasteiger partial charge in [0.2, 0.25) is 0 Å². The van der Waals surface area contributed by atoms with Gasteiger partial charge < -0.3 is 24.8 Å². The van der Waals surface area contributed by atoms with Crippen LogP contribution in [0, 0.1) is 0 Å². The first-order valence-corrected chi connectivity index (χ1v) is 10.9. The largest absolute Gasteiger partial charge is 0.441 e. The van der Waals surface area contributed by atoms with Crippen LogP contribution in [0.4, 0.5) is 15.3 Å². The van der Waals surface area contributed by atoms with E-state index >= 15 is 0 Å². The molecule has 0 bridgehead atoms. The van der Waals surface area contributed by atoms with Gasteiger partial charge in [0, 0.05) is 12.2 Å². The van der Waals surface area contributed by atoms with Crippen LogP contribution in [0.1, 0.15) is 30.9 Å². The second-order valence-corrected chi connectivity index (χ2v) is 8.36. The molecular formula is C24H29N3O5. The number of urea groups is 1. The van der Waals surface area contributed by atoms with Gasteiger partial charge in [-0.15, -0.1) is 0 Å². The third-order valence-corrected chi connectivity index (χ3v) is 5.70. The van der Waals surface area contributed by atoms with Crippen LogP contribution in [-0.4, -0.2) is 49.7 Å². The van der Waals surface area contributed by atoms with Gasteiger partial charge in [0.15, 0.2) is 6.10 Å². The van der Waals surface area contributed by atoms with Crippen molar-refractivity contribution < 1.29 is 23.8 Å². The summed E-state index contributed by atoms with van der Waals surface area (Å²) < 4.78 is 17.1. The van der Waals surface area contributed by atoms with Gasteiger partial charge in [-0.3, -0.25) is 5.32 Å². The Balaban J connectivity index is 1.23. The molecule has 3 N–H and O–H groups in total. The highest BCUT2D eigenvalue weighted by atomic mass is 16.6. The number of nitrogens with one attached hydrogen (secondary N) is 3. The van der Waals surface area contributed by atoms with Crippen LogP contribution < -0.4 is 16.0 Å². The first-order chi connectivity index (χ1) is 15.5. The average molecular weight is 440 g/mol. The fraction of sp³-hybridized carbons (Fsp3) is 0.417. The molecule has 2 heterocycles. The topological polar surface area (TPSA) is 97.9 Å². The molecule has 0 spiro atoms. The summed E-state index contributed by atoms with van der Waals surface area (Å²) in [5.41, 5.74) is 2.87. The van der Waals surface area contributed by atoms with Crippen molar-refractivity contribution in [2.24, 2.45) is 0 Å². The number of hydrogen-bond acceptors (Lipinski definition) is 5. The quantitative estimate of drug-likeness (QED) is 0.641. The molecule has 0 radical (unpaired) electrons. The van der Waals surface area contributed by atoms with Gasteiger partial charge in [0.1, 0.15) is 12.2 Å². The Hall–Kier alpha value is -3.10. The van der Waals surface area contributed by atoms with Crippen molar-refractivity contribution in [1.82, 2.24) is 10.6 Å². The average Bonchev–Trinajstić information content (AvgIpc) is 3.37. The molecule has 8 nitrogen and oxygen atoms in total. The van der Waals surface area contributed by atoms with E-state index in [1.165, 1.54) is 5.56 Å². The maximum absolute atomic E-state index is 12.3. The van der Waals surface area contributed by atoms with E-state index in [4.69, 9.17) is 14.2 Å². The Bertz CT molecular complexity index is 919. The fourth-order valence-electron chi connectivity index (χ4n) is 3.92. The summed E-state index contributed by atoms with van der Waals surface area (Å²) in [5.74, 6) is 0.421. The lowest BCUT2D eigenvalue weighted by Gasteiger charge is -2.18. The van der Waals surface area contributed by atoms with Gasteiger partial charge in [-0.2, -0.15) is 0 Å². The van der Waals surface area contributed by atoms with Gasteiger partial charge in [-0.25, -0.2) is 9.59 Å². The first-order valence-electron chi connectivity index (χ1n) is 10.9. The summed E-state index contributed by atoms with van der Waals surface area (Å²) >= 11 is 0. The minimum absolute atomic E-state index is 0.221. The number of carbonyl (C=O) groups excluding carboxylic acids is 2. The van der Waals surface area contributed by atoms with Crippen LogP contribution in [0.3, 0.4) is 0 Å². The molecule has 0 saturated carbocycles. The second kappa shape index (κ2) is 10.0. The van der Waals surface area contributed by atoms with E-state index in [1.54, 1.807) is 0 Å². The SMILES string of the molecule is CC(C)c1ccc(NC(=O)O[C@H]2CO[C@@H]3[C@@H]2OC[C@@H]3NC(=O)NCc2ccccc2)cc1. The number of hydrogen-bond donors (Lipinski definition) is 3. The molecule has 32 heavy (non-hydrogen) atoms. The van der Waals surface area contributed by atoms with Crippen molar-refractivity contribution in [2.75, 3.05) is 18.5 Å². The molecule has 0 aromatic heterocycles. The van der Waals surface area contributed by atoms with Crippen LogP contribution in [0.15, 0.2) is 54.6 Å². The molecule has 4 rings (SSSR count). The minimum Gasteiger partial charge on any atom is -0.441 e.